The summed E-state index contributed by atoms with van der Waals surface area (Å²) in [4.78, 5) is 23.3. The number of carbonyl (C=O) groups excluding carboxylic acids is 2. The summed E-state index contributed by atoms with van der Waals surface area (Å²) in [6, 6.07) is 11.2. The monoisotopic (exact) mass is 208 g/mol. The minimum Gasteiger partial charge on any atom is -0.286 e. The van der Waals surface area contributed by atoms with Gasteiger partial charge in [0.15, 0.2) is 0 Å². The van der Waals surface area contributed by atoms with E-state index >= 15 is 0 Å². The molecule has 0 spiro atoms. The van der Waals surface area contributed by atoms with Gasteiger partial charge in [0.1, 0.15) is 0 Å². The molecule has 0 radical (unpaired) electrons. The van der Waals surface area contributed by atoms with Gasteiger partial charge in [0.25, 0.3) is 0 Å². The molecule has 1 aliphatic carbocycles. The molecule has 16 heavy (non-hydrogen) atoms. The van der Waals surface area contributed by atoms with Gasteiger partial charge in [-0.25, -0.2) is 0 Å². The quantitative estimate of drug-likeness (QED) is 0.623. The van der Waals surface area contributed by atoms with E-state index in [0.717, 1.165) is 16.3 Å². The van der Waals surface area contributed by atoms with Crippen LogP contribution in [0.3, 0.4) is 0 Å². The molecule has 2 aromatic rings. The molecule has 1 aliphatic rings. The number of rotatable bonds is 0. The fourth-order valence-electron chi connectivity index (χ4n) is 2.07. The van der Waals surface area contributed by atoms with Gasteiger partial charge in [-0.3, -0.25) is 9.59 Å². The fraction of sp³-hybridized carbons (Fsp3) is 0. The van der Waals surface area contributed by atoms with Gasteiger partial charge in [-0.05, 0) is 17.0 Å². The van der Waals surface area contributed by atoms with Crippen LogP contribution in [0.1, 0.15) is 15.9 Å². The maximum absolute atomic E-state index is 11.8. The van der Waals surface area contributed by atoms with Gasteiger partial charge in [0.2, 0.25) is 11.6 Å². The standard InChI is InChI=1S/C14H8O2/c15-12-8-7-10-4-1-3-9-5-2-6-11(13(9)10)14(12)16/h1-8H. The van der Waals surface area contributed by atoms with E-state index in [0.29, 0.717) is 5.56 Å². The summed E-state index contributed by atoms with van der Waals surface area (Å²) in [5, 5.41) is 1.86. The van der Waals surface area contributed by atoms with E-state index in [-0.39, 0.29) is 0 Å². The molecule has 2 heteroatoms. The van der Waals surface area contributed by atoms with Crippen molar-refractivity contribution in [1.29, 1.82) is 0 Å². The second-order valence-corrected chi connectivity index (χ2v) is 3.78. The van der Waals surface area contributed by atoms with Gasteiger partial charge < -0.3 is 0 Å². The number of carbonyl (C=O) groups is 2. The number of benzene rings is 2. The predicted octanol–water partition coefficient (Wildman–Crippen LogP) is 2.62. The molecule has 0 aliphatic heterocycles. The molecule has 0 saturated carbocycles. The summed E-state index contributed by atoms with van der Waals surface area (Å²) in [5.74, 6) is -0.879. The van der Waals surface area contributed by atoms with E-state index in [1.165, 1.54) is 6.08 Å². The Kier molecular flexibility index (Phi) is 1.77. The molecule has 2 nitrogen and oxygen atoms in total. The first kappa shape index (κ1) is 9.04. The zero-order valence-corrected chi connectivity index (χ0v) is 8.44. The molecule has 0 amide bonds. The van der Waals surface area contributed by atoms with Crippen LogP contribution in [-0.4, -0.2) is 11.6 Å². The van der Waals surface area contributed by atoms with Crippen LogP contribution in [0.4, 0.5) is 0 Å². The van der Waals surface area contributed by atoms with Gasteiger partial charge in [0, 0.05) is 10.9 Å². The second-order valence-electron chi connectivity index (χ2n) is 3.78. The first-order valence-electron chi connectivity index (χ1n) is 5.06. The maximum Gasteiger partial charge on any atom is 0.233 e. The number of hydrogen-bond acceptors (Lipinski definition) is 2. The van der Waals surface area contributed by atoms with Gasteiger partial charge >= 0.3 is 0 Å². The number of allylic oxidation sites excluding steroid dienone is 1. The lowest BCUT2D eigenvalue weighted by atomic mass is 9.98. The van der Waals surface area contributed by atoms with Gasteiger partial charge in [-0.15, -0.1) is 0 Å². The number of Topliss-reactive ketones (excluding diaryl/α,β-unsaturated/α-hetero) is 1. The van der Waals surface area contributed by atoms with E-state index in [4.69, 9.17) is 0 Å². The summed E-state index contributed by atoms with van der Waals surface area (Å²) < 4.78 is 0. The molecule has 0 atom stereocenters. The Labute approximate surface area is 92.2 Å². The van der Waals surface area contributed by atoms with Crippen LogP contribution in [0.5, 0.6) is 0 Å². The van der Waals surface area contributed by atoms with Crippen LogP contribution < -0.4 is 0 Å². The lowest BCUT2D eigenvalue weighted by Gasteiger charge is -2.04. The Balaban J connectivity index is 2.53. The van der Waals surface area contributed by atoms with Gasteiger partial charge in [-0.1, -0.05) is 42.5 Å². The molecule has 76 valence electrons. The molecule has 0 N–H and O–H groups in total. The second kappa shape index (κ2) is 3.14. The van der Waals surface area contributed by atoms with Crippen molar-refractivity contribution in [3.05, 3.63) is 53.6 Å². The van der Waals surface area contributed by atoms with Crippen molar-refractivity contribution >= 4 is 28.4 Å². The van der Waals surface area contributed by atoms with Crippen LogP contribution >= 0.6 is 0 Å². The Morgan fingerprint density at radius 2 is 1.56 bits per heavy atom. The molecular weight excluding hydrogens is 200 g/mol. The highest BCUT2D eigenvalue weighted by Crippen LogP contribution is 2.26. The molecule has 0 heterocycles. The third-order valence-corrected chi connectivity index (χ3v) is 2.82. The fourth-order valence-corrected chi connectivity index (χ4v) is 2.07. The van der Waals surface area contributed by atoms with Crippen LogP contribution in [-0.2, 0) is 4.79 Å². The summed E-state index contributed by atoms with van der Waals surface area (Å²) in [5.41, 5.74) is 1.43. The topological polar surface area (TPSA) is 34.1 Å². The Morgan fingerprint density at radius 3 is 2.38 bits per heavy atom. The van der Waals surface area contributed by atoms with E-state index < -0.39 is 11.6 Å². The predicted molar refractivity (Wildman–Crippen MR) is 62.3 cm³/mol. The minimum atomic E-state index is -0.455. The molecule has 0 fully saturated rings. The van der Waals surface area contributed by atoms with Crippen LogP contribution in [0.25, 0.3) is 16.8 Å². The molecular formula is C14H8O2. The Bertz CT molecular complexity index is 646. The molecule has 0 aromatic heterocycles. The van der Waals surface area contributed by atoms with Crippen LogP contribution in [0, 0.1) is 0 Å². The molecule has 0 unspecified atom stereocenters. The van der Waals surface area contributed by atoms with Crippen molar-refractivity contribution in [2.24, 2.45) is 0 Å². The molecule has 3 rings (SSSR count). The highest BCUT2D eigenvalue weighted by atomic mass is 16.2. The van der Waals surface area contributed by atoms with Crippen molar-refractivity contribution in [3.8, 4) is 0 Å². The summed E-state index contributed by atoms with van der Waals surface area (Å²) in [6.45, 7) is 0. The molecule has 2 aromatic carbocycles. The Hall–Kier alpha value is -2.22. The molecule has 0 saturated heterocycles. The van der Waals surface area contributed by atoms with Crippen molar-refractivity contribution in [2.45, 2.75) is 0 Å². The van der Waals surface area contributed by atoms with Crippen molar-refractivity contribution in [3.63, 3.8) is 0 Å². The van der Waals surface area contributed by atoms with Crippen LogP contribution in [0.2, 0.25) is 0 Å². The SMILES string of the molecule is O=C1C=Cc2cccc3cccc(c23)C1=O. The zero-order chi connectivity index (χ0) is 11.1. The maximum atomic E-state index is 11.8. The van der Waals surface area contributed by atoms with E-state index in [1.54, 1.807) is 18.2 Å². The normalized spacial score (nSPS) is 14.2. The molecule has 0 bridgehead atoms. The first-order chi connectivity index (χ1) is 7.77. The lowest BCUT2D eigenvalue weighted by Crippen LogP contribution is -2.10. The van der Waals surface area contributed by atoms with Gasteiger partial charge in [-0.2, -0.15) is 0 Å². The van der Waals surface area contributed by atoms with Gasteiger partial charge in [0.05, 0.1) is 0 Å². The minimum absolute atomic E-state index is 0.424. The van der Waals surface area contributed by atoms with Crippen molar-refractivity contribution < 1.29 is 9.59 Å². The third kappa shape index (κ3) is 1.13. The zero-order valence-electron chi connectivity index (χ0n) is 8.44. The summed E-state index contributed by atoms with van der Waals surface area (Å²) in [6.07, 6.45) is 3.05. The van der Waals surface area contributed by atoms with Crippen molar-refractivity contribution in [1.82, 2.24) is 0 Å². The van der Waals surface area contributed by atoms with Crippen molar-refractivity contribution in [2.75, 3.05) is 0 Å². The largest absolute Gasteiger partial charge is 0.286 e. The highest BCUT2D eigenvalue weighted by molar-refractivity contribution is 6.50. The van der Waals surface area contributed by atoms with E-state index in [1.807, 2.05) is 24.3 Å². The average molecular weight is 208 g/mol. The number of hydrogen-bond donors (Lipinski definition) is 0. The third-order valence-electron chi connectivity index (χ3n) is 2.82. The first-order valence-corrected chi connectivity index (χ1v) is 5.06. The lowest BCUT2D eigenvalue weighted by molar-refractivity contribution is -0.110. The highest BCUT2D eigenvalue weighted by Gasteiger charge is 2.19. The smallest absolute Gasteiger partial charge is 0.233 e. The Morgan fingerprint density at radius 1 is 0.812 bits per heavy atom. The van der Waals surface area contributed by atoms with E-state index in [9.17, 15) is 9.59 Å². The average Bonchev–Trinajstić information content (AvgIpc) is 2.44. The van der Waals surface area contributed by atoms with Crippen LogP contribution in [0.15, 0.2) is 42.5 Å². The number of ketones is 2. The van der Waals surface area contributed by atoms with E-state index in [2.05, 4.69) is 0 Å². The summed E-state index contributed by atoms with van der Waals surface area (Å²) in [7, 11) is 0. The summed E-state index contributed by atoms with van der Waals surface area (Å²) >= 11 is 0.